The summed E-state index contributed by atoms with van der Waals surface area (Å²) >= 11 is 3.31. The van der Waals surface area contributed by atoms with E-state index in [0.717, 1.165) is 23.9 Å². The summed E-state index contributed by atoms with van der Waals surface area (Å²) in [6.45, 7) is 0.816. The quantitative estimate of drug-likeness (QED) is 0.937. The molecule has 0 aliphatic heterocycles. The molecule has 0 radical (unpaired) electrons. The van der Waals surface area contributed by atoms with E-state index in [0.29, 0.717) is 5.95 Å². The Morgan fingerprint density at radius 2 is 2.12 bits per heavy atom. The summed E-state index contributed by atoms with van der Waals surface area (Å²) in [5.41, 5.74) is 0.125. The fourth-order valence-corrected chi connectivity index (χ4v) is 2.03. The van der Waals surface area contributed by atoms with Crippen molar-refractivity contribution in [3.05, 3.63) is 35.3 Å². The second kappa shape index (κ2) is 4.10. The van der Waals surface area contributed by atoms with Crippen LogP contribution in [-0.2, 0) is 5.54 Å². The van der Waals surface area contributed by atoms with Gasteiger partial charge in [-0.15, -0.1) is 0 Å². The molecule has 2 aromatic rings. The Hall–Kier alpha value is -1.43. The lowest BCUT2D eigenvalue weighted by Gasteiger charge is -2.16. The Morgan fingerprint density at radius 1 is 1.35 bits per heavy atom. The molecule has 2 aromatic heterocycles. The van der Waals surface area contributed by atoms with E-state index in [-0.39, 0.29) is 5.54 Å². The molecule has 1 aliphatic carbocycles. The van der Waals surface area contributed by atoms with Crippen LogP contribution in [0.25, 0.3) is 0 Å². The van der Waals surface area contributed by atoms with Crippen LogP contribution in [0.5, 0.6) is 0 Å². The van der Waals surface area contributed by atoms with Crippen LogP contribution in [0.1, 0.15) is 12.8 Å². The summed E-state index contributed by atoms with van der Waals surface area (Å²) in [5.74, 6) is 0.659. The first kappa shape index (κ1) is 10.7. The Morgan fingerprint density at radius 3 is 2.71 bits per heavy atom. The van der Waals surface area contributed by atoms with Crippen molar-refractivity contribution in [2.45, 2.75) is 18.4 Å². The molecule has 5 nitrogen and oxygen atoms in total. The smallest absolute Gasteiger partial charge is 0.222 e. The number of anilines is 1. The predicted molar refractivity (Wildman–Crippen MR) is 67.7 cm³/mol. The monoisotopic (exact) mass is 293 g/mol. The zero-order chi connectivity index (χ0) is 11.7. The number of hydrogen-bond donors (Lipinski definition) is 1. The highest BCUT2D eigenvalue weighted by Gasteiger charge is 2.45. The predicted octanol–water partition coefficient (Wildman–Crippen LogP) is 2.04. The maximum absolute atomic E-state index is 4.31. The van der Waals surface area contributed by atoms with Gasteiger partial charge >= 0.3 is 0 Å². The van der Waals surface area contributed by atoms with Crippen molar-refractivity contribution in [2.24, 2.45) is 0 Å². The van der Waals surface area contributed by atoms with Crippen molar-refractivity contribution in [3.8, 4) is 0 Å². The molecule has 88 valence electrons. The first-order chi connectivity index (χ1) is 8.28. The highest BCUT2D eigenvalue weighted by Crippen LogP contribution is 2.42. The van der Waals surface area contributed by atoms with Gasteiger partial charge in [0.2, 0.25) is 5.95 Å². The number of rotatable bonds is 4. The van der Waals surface area contributed by atoms with Gasteiger partial charge in [0.15, 0.2) is 0 Å². The summed E-state index contributed by atoms with van der Waals surface area (Å²) in [5, 5.41) is 7.56. The molecular weight excluding hydrogens is 282 g/mol. The van der Waals surface area contributed by atoms with E-state index in [1.165, 1.54) is 0 Å². The zero-order valence-electron chi connectivity index (χ0n) is 9.17. The van der Waals surface area contributed by atoms with Crippen LogP contribution in [0.4, 0.5) is 5.95 Å². The zero-order valence-corrected chi connectivity index (χ0v) is 10.8. The molecule has 0 amide bonds. The lowest BCUT2D eigenvalue weighted by Crippen LogP contribution is -2.27. The van der Waals surface area contributed by atoms with Gasteiger partial charge in [-0.1, -0.05) is 0 Å². The van der Waals surface area contributed by atoms with Crippen LogP contribution in [0.3, 0.4) is 0 Å². The van der Waals surface area contributed by atoms with Crippen LogP contribution in [0.2, 0.25) is 0 Å². The third-order valence-corrected chi connectivity index (χ3v) is 3.42. The molecular formula is C11H12BrN5. The van der Waals surface area contributed by atoms with Gasteiger partial charge < -0.3 is 5.32 Å². The Balaban J connectivity index is 1.67. The van der Waals surface area contributed by atoms with Crippen molar-refractivity contribution < 1.29 is 0 Å². The average molecular weight is 294 g/mol. The van der Waals surface area contributed by atoms with E-state index in [4.69, 9.17) is 0 Å². The van der Waals surface area contributed by atoms with Crippen LogP contribution in [-0.4, -0.2) is 26.3 Å². The molecule has 0 atom stereocenters. The van der Waals surface area contributed by atoms with E-state index in [2.05, 4.69) is 36.3 Å². The third-order valence-electron chi connectivity index (χ3n) is 3.01. The highest BCUT2D eigenvalue weighted by atomic mass is 79.9. The number of nitrogens with one attached hydrogen (secondary N) is 1. The van der Waals surface area contributed by atoms with Crippen LogP contribution in [0.15, 0.2) is 35.3 Å². The van der Waals surface area contributed by atoms with Gasteiger partial charge in [0.05, 0.1) is 10.0 Å². The third kappa shape index (κ3) is 2.17. The average Bonchev–Trinajstić information content (AvgIpc) is 2.93. The van der Waals surface area contributed by atoms with Gasteiger partial charge in [0, 0.05) is 31.3 Å². The van der Waals surface area contributed by atoms with Crippen molar-refractivity contribution in [1.29, 1.82) is 0 Å². The second-order valence-corrected chi connectivity index (χ2v) is 5.17. The topological polar surface area (TPSA) is 55.6 Å². The Kier molecular flexibility index (Phi) is 2.58. The maximum Gasteiger partial charge on any atom is 0.222 e. The number of hydrogen-bond acceptors (Lipinski definition) is 4. The molecule has 0 bridgehead atoms. The molecule has 2 heterocycles. The lowest BCUT2D eigenvalue weighted by molar-refractivity contribution is 0.452. The summed E-state index contributed by atoms with van der Waals surface area (Å²) in [6.07, 6.45) is 9.61. The fourth-order valence-electron chi connectivity index (χ4n) is 1.83. The van der Waals surface area contributed by atoms with Crippen molar-refractivity contribution >= 4 is 21.9 Å². The molecule has 0 spiro atoms. The first-order valence-corrected chi connectivity index (χ1v) is 6.29. The minimum absolute atomic E-state index is 0.125. The highest BCUT2D eigenvalue weighted by molar-refractivity contribution is 9.10. The molecule has 3 rings (SSSR count). The molecule has 0 unspecified atom stereocenters. The van der Waals surface area contributed by atoms with E-state index in [9.17, 15) is 0 Å². The fraction of sp³-hybridized carbons (Fsp3) is 0.364. The molecule has 1 N–H and O–H groups in total. The van der Waals surface area contributed by atoms with Crippen molar-refractivity contribution in [1.82, 2.24) is 19.7 Å². The van der Waals surface area contributed by atoms with Crippen LogP contribution in [0, 0.1) is 0 Å². The molecule has 6 heteroatoms. The van der Waals surface area contributed by atoms with Gasteiger partial charge in [-0.05, 0) is 34.8 Å². The van der Waals surface area contributed by atoms with Gasteiger partial charge in [-0.2, -0.15) is 5.10 Å². The van der Waals surface area contributed by atoms with E-state index in [1.807, 2.05) is 23.1 Å². The van der Waals surface area contributed by atoms with Crippen LogP contribution < -0.4 is 5.32 Å². The van der Waals surface area contributed by atoms with Gasteiger partial charge in [-0.3, -0.25) is 4.68 Å². The second-order valence-electron chi connectivity index (χ2n) is 4.25. The lowest BCUT2D eigenvalue weighted by atomic mass is 10.3. The normalized spacial score (nSPS) is 16.8. The SMILES string of the molecule is Brc1cnc(NCC2(n3cccn3)CC2)nc1. The van der Waals surface area contributed by atoms with E-state index >= 15 is 0 Å². The van der Waals surface area contributed by atoms with Crippen molar-refractivity contribution in [3.63, 3.8) is 0 Å². The first-order valence-electron chi connectivity index (χ1n) is 5.50. The van der Waals surface area contributed by atoms with Gasteiger partial charge in [0.25, 0.3) is 0 Å². The molecule has 0 saturated heterocycles. The van der Waals surface area contributed by atoms with Gasteiger partial charge in [-0.25, -0.2) is 9.97 Å². The van der Waals surface area contributed by atoms with Gasteiger partial charge in [0.1, 0.15) is 0 Å². The molecule has 17 heavy (non-hydrogen) atoms. The molecule has 1 aliphatic rings. The summed E-state index contributed by atoms with van der Waals surface area (Å²) in [7, 11) is 0. The summed E-state index contributed by atoms with van der Waals surface area (Å²) in [6, 6.07) is 1.95. The largest absolute Gasteiger partial charge is 0.352 e. The number of nitrogens with zero attached hydrogens (tertiary/aromatic N) is 4. The molecule has 1 fully saturated rings. The van der Waals surface area contributed by atoms with E-state index in [1.54, 1.807) is 12.4 Å². The molecule has 0 aromatic carbocycles. The summed E-state index contributed by atoms with van der Waals surface area (Å²) in [4.78, 5) is 8.38. The van der Waals surface area contributed by atoms with Crippen LogP contribution >= 0.6 is 15.9 Å². The Bertz CT molecular complexity index is 489. The maximum atomic E-state index is 4.31. The minimum Gasteiger partial charge on any atom is -0.352 e. The standard InChI is InChI=1S/C11H12BrN5/c12-9-6-13-10(14-7-9)15-8-11(2-3-11)17-5-1-4-16-17/h1,4-7H,2-3,8H2,(H,13,14,15). The summed E-state index contributed by atoms with van der Waals surface area (Å²) < 4.78 is 2.91. The number of halogens is 1. The van der Waals surface area contributed by atoms with E-state index < -0.39 is 0 Å². The minimum atomic E-state index is 0.125. The number of aromatic nitrogens is 4. The molecule has 1 saturated carbocycles. The van der Waals surface area contributed by atoms with Crippen molar-refractivity contribution in [2.75, 3.05) is 11.9 Å². The Labute approximate surface area is 107 Å².